The van der Waals surface area contributed by atoms with Gasteiger partial charge in [0.1, 0.15) is 0 Å². The molecule has 1 unspecified atom stereocenters. The number of amides is 1. The first-order valence-electron chi connectivity index (χ1n) is 9.77. The van der Waals surface area contributed by atoms with E-state index in [1.807, 2.05) is 12.1 Å². The van der Waals surface area contributed by atoms with E-state index in [4.69, 9.17) is 9.72 Å². The number of benzene rings is 2. The summed E-state index contributed by atoms with van der Waals surface area (Å²) in [6.45, 7) is 4.16. The zero-order chi connectivity index (χ0) is 19.8. The maximum absolute atomic E-state index is 14.0. The van der Waals surface area contributed by atoms with Crippen LogP contribution in [-0.4, -0.2) is 43.7 Å². The van der Waals surface area contributed by atoms with Crippen molar-refractivity contribution in [2.24, 2.45) is 0 Å². The standard InChI is InChI=1S/C21H21FN4O2S/c22-15-3-1-2-14-16(6-11-28-19(14)15)24-20(27)13-4-5-17-18(12-13)29-21(25-17)26-9-7-23-8-10-26/h1-5,12,16,23H,6-11H2,(H,24,27). The van der Waals surface area contributed by atoms with Crippen LogP contribution in [0.1, 0.15) is 28.4 Å². The number of rotatable bonds is 3. The second-order valence-electron chi connectivity index (χ2n) is 7.24. The fraction of sp³-hybridized carbons (Fsp3) is 0.333. The number of piperazine rings is 1. The van der Waals surface area contributed by atoms with Crippen LogP contribution in [0.25, 0.3) is 10.2 Å². The maximum Gasteiger partial charge on any atom is 0.251 e. The lowest BCUT2D eigenvalue weighted by Gasteiger charge is -2.27. The topological polar surface area (TPSA) is 66.5 Å². The molecule has 8 heteroatoms. The summed E-state index contributed by atoms with van der Waals surface area (Å²) in [5.74, 6) is -0.332. The number of para-hydroxylation sites is 1. The number of anilines is 1. The van der Waals surface area contributed by atoms with Crippen LogP contribution in [0.2, 0.25) is 0 Å². The van der Waals surface area contributed by atoms with Gasteiger partial charge in [0.2, 0.25) is 0 Å². The summed E-state index contributed by atoms with van der Waals surface area (Å²) in [5, 5.41) is 7.37. The lowest BCUT2D eigenvalue weighted by Crippen LogP contribution is -2.43. The summed E-state index contributed by atoms with van der Waals surface area (Å²) in [4.78, 5) is 19.9. The third-order valence-electron chi connectivity index (χ3n) is 5.36. The van der Waals surface area contributed by atoms with E-state index >= 15 is 0 Å². The highest BCUT2D eigenvalue weighted by Gasteiger charge is 2.26. The third-order valence-corrected chi connectivity index (χ3v) is 6.44. The van der Waals surface area contributed by atoms with E-state index in [2.05, 4.69) is 15.5 Å². The van der Waals surface area contributed by atoms with Crippen molar-refractivity contribution in [1.29, 1.82) is 0 Å². The second kappa shape index (κ2) is 7.61. The molecule has 1 amide bonds. The number of halogens is 1. The fourth-order valence-corrected chi connectivity index (χ4v) is 4.88. The molecule has 0 spiro atoms. The number of hydrogen-bond donors (Lipinski definition) is 2. The van der Waals surface area contributed by atoms with Crippen LogP contribution >= 0.6 is 11.3 Å². The Labute approximate surface area is 171 Å². The lowest BCUT2D eigenvalue weighted by molar-refractivity contribution is 0.0924. The molecule has 2 N–H and O–H groups in total. The third kappa shape index (κ3) is 3.54. The highest BCUT2D eigenvalue weighted by atomic mass is 32.1. The van der Waals surface area contributed by atoms with Crippen molar-refractivity contribution in [2.75, 3.05) is 37.7 Å². The predicted molar refractivity (Wildman–Crippen MR) is 111 cm³/mol. The van der Waals surface area contributed by atoms with Gasteiger partial charge in [-0.25, -0.2) is 9.37 Å². The van der Waals surface area contributed by atoms with Gasteiger partial charge in [0.25, 0.3) is 5.91 Å². The van der Waals surface area contributed by atoms with E-state index in [9.17, 15) is 9.18 Å². The van der Waals surface area contributed by atoms with Crippen molar-refractivity contribution in [3.05, 3.63) is 53.3 Å². The number of nitrogens with one attached hydrogen (secondary N) is 2. The molecule has 3 aromatic rings. The summed E-state index contributed by atoms with van der Waals surface area (Å²) >= 11 is 1.61. The lowest BCUT2D eigenvalue weighted by atomic mass is 10.00. The first-order chi connectivity index (χ1) is 14.2. The number of aromatic nitrogens is 1. The van der Waals surface area contributed by atoms with Crippen LogP contribution in [0.15, 0.2) is 36.4 Å². The zero-order valence-corrected chi connectivity index (χ0v) is 16.6. The molecule has 29 heavy (non-hydrogen) atoms. The largest absolute Gasteiger partial charge is 0.490 e. The molecule has 1 fully saturated rings. The Morgan fingerprint density at radius 2 is 2.14 bits per heavy atom. The van der Waals surface area contributed by atoms with Gasteiger partial charge >= 0.3 is 0 Å². The molecule has 2 aliphatic rings. The van der Waals surface area contributed by atoms with E-state index in [0.717, 1.165) is 41.5 Å². The average Bonchev–Trinajstić information content (AvgIpc) is 3.18. The van der Waals surface area contributed by atoms with Crippen molar-refractivity contribution in [2.45, 2.75) is 12.5 Å². The monoisotopic (exact) mass is 412 g/mol. The smallest absolute Gasteiger partial charge is 0.251 e. The van der Waals surface area contributed by atoms with Gasteiger partial charge in [0.15, 0.2) is 16.7 Å². The second-order valence-corrected chi connectivity index (χ2v) is 8.25. The van der Waals surface area contributed by atoms with Gasteiger partial charge in [-0.15, -0.1) is 0 Å². The highest BCUT2D eigenvalue weighted by Crippen LogP contribution is 2.34. The number of carbonyl (C=O) groups is 1. The average molecular weight is 412 g/mol. The van der Waals surface area contributed by atoms with Crippen LogP contribution in [0.5, 0.6) is 5.75 Å². The molecule has 2 aromatic carbocycles. The number of thiazole rings is 1. The van der Waals surface area contributed by atoms with Crippen LogP contribution < -0.4 is 20.3 Å². The molecular formula is C21H21FN4O2S. The van der Waals surface area contributed by atoms with Crippen molar-refractivity contribution in [3.8, 4) is 5.75 Å². The Bertz CT molecular complexity index is 1060. The quantitative estimate of drug-likeness (QED) is 0.692. The molecule has 5 rings (SSSR count). The zero-order valence-electron chi connectivity index (χ0n) is 15.8. The van der Waals surface area contributed by atoms with Crippen molar-refractivity contribution in [1.82, 2.24) is 15.6 Å². The normalized spacial score (nSPS) is 18.9. The fourth-order valence-electron chi connectivity index (χ4n) is 3.82. The SMILES string of the molecule is O=C(NC1CCOc2c(F)cccc21)c1ccc2nc(N3CCNCC3)sc2c1. The Kier molecular flexibility index (Phi) is 4.81. The van der Waals surface area contributed by atoms with Gasteiger partial charge in [-0.2, -0.15) is 0 Å². The number of fused-ring (bicyclic) bond motifs is 2. The Morgan fingerprint density at radius 1 is 1.28 bits per heavy atom. The molecule has 150 valence electrons. The van der Waals surface area contributed by atoms with Crippen LogP contribution in [0.4, 0.5) is 9.52 Å². The Hall–Kier alpha value is -2.71. The van der Waals surface area contributed by atoms with Gasteiger partial charge in [0, 0.05) is 43.7 Å². The Morgan fingerprint density at radius 3 is 3.00 bits per heavy atom. The first-order valence-corrected chi connectivity index (χ1v) is 10.6. The van der Waals surface area contributed by atoms with E-state index < -0.39 is 5.82 Å². The minimum absolute atomic E-state index is 0.175. The molecule has 1 aromatic heterocycles. The maximum atomic E-state index is 14.0. The van der Waals surface area contributed by atoms with Crippen LogP contribution in [0.3, 0.4) is 0 Å². The van der Waals surface area contributed by atoms with Gasteiger partial charge in [-0.05, 0) is 24.3 Å². The van der Waals surface area contributed by atoms with Crippen LogP contribution in [0, 0.1) is 5.82 Å². The van der Waals surface area contributed by atoms with Crippen molar-refractivity contribution >= 4 is 32.6 Å². The van der Waals surface area contributed by atoms with Crippen molar-refractivity contribution in [3.63, 3.8) is 0 Å². The van der Waals surface area contributed by atoms with Gasteiger partial charge < -0.3 is 20.3 Å². The number of carbonyl (C=O) groups excluding carboxylic acids is 1. The van der Waals surface area contributed by atoms with E-state index in [1.165, 1.54) is 6.07 Å². The molecule has 0 saturated carbocycles. The molecule has 3 heterocycles. The molecule has 1 saturated heterocycles. The molecular weight excluding hydrogens is 391 g/mol. The predicted octanol–water partition coefficient (Wildman–Crippen LogP) is 3.10. The van der Waals surface area contributed by atoms with Crippen LogP contribution in [-0.2, 0) is 0 Å². The summed E-state index contributed by atoms with van der Waals surface area (Å²) in [6.07, 6.45) is 0.609. The summed E-state index contributed by atoms with van der Waals surface area (Å²) in [7, 11) is 0. The van der Waals surface area contributed by atoms with E-state index in [1.54, 1.807) is 29.5 Å². The van der Waals surface area contributed by atoms with E-state index in [-0.39, 0.29) is 17.7 Å². The summed E-state index contributed by atoms with van der Waals surface area (Å²) in [6, 6.07) is 10.1. The molecule has 0 radical (unpaired) electrons. The minimum Gasteiger partial charge on any atom is -0.490 e. The number of nitrogens with zero attached hydrogens (tertiary/aromatic N) is 2. The minimum atomic E-state index is -0.395. The number of hydrogen-bond acceptors (Lipinski definition) is 6. The summed E-state index contributed by atoms with van der Waals surface area (Å²) in [5.41, 5.74) is 2.17. The molecule has 6 nitrogen and oxygen atoms in total. The summed E-state index contributed by atoms with van der Waals surface area (Å²) < 4.78 is 20.4. The van der Waals surface area contributed by atoms with Gasteiger partial charge in [-0.1, -0.05) is 23.5 Å². The molecule has 2 aliphatic heterocycles. The molecule has 0 bridgehead atoms. The van der Waals surface area contributed by atoms with Gasteiger partial charge in [0.05, 0.1) is 22.9 Å². The molecule has 1 atom stereocenters. The Balaban J connectivity index is 1.37. The van der Waals surface area contributed by atoms with E-state index in [0.29, 0.717) is 24.2 Å². The number of ether oxygens (including phenoxy) is 1. The first kappa shape index (κ1) is 18.3. The molecule has 0 aliphatic carbocycles. The highest BCUT2D eigenvalue weighted by molar-refractivity contribution is 7.22. The van der Waals surface area contributed by atoms with Gasteiger partial charge in [-0.3, -0.25) is 4.79 Å². The van der Waals surface area contributed by atoms with Crippen molar-refractivity contribution < 1.29 is 13.9 Å².